The Kier molecular flexibility index (Phi) is 3.71. The Morgan fingerprint density at radius 2 is 2.10 bits per heavy atom. The molecule has 2 fully saturated rings. The van der Waals surface area contributed by atoms with E-state index in [4.69, 9.17) is 4.74 Å². The zero-order valence-electron chi connectivity index (χ0n) is 13.4. The summed E-state index contributed by atoms with van der Waals surface area (Å²) in [6, 6.07) is 0. The summed E-state index contributed by atoms with van der Waals surface area (Å²) in [7, 11) is 0. The largest absolute Gasteiger partial charge is 0.462 e. The molecule has 3 aliphatic carbocycles. The van der Waals surface area contributed by atoms with Crippen LogP contribution >= 0.6 is 0 Å². The van der Waals surface area contributed by atoms with E-state index >= 15 is 0 Å². The minimum atomic E-state index is -0.181. The smallest absolute Gasteiger partial charge is 0.302 e. The van der Waals surface area contributed by atoms with Gasteiger partial charge in [-0.15, -0.1) is 0 Å². The Hall–Kier alpha value is -1.12. The van der Waals surface area contributed by atoms with Gasteiger partial charge in [0.1, 0.15) is 11.9 Å². The topological polar surface area (TPSA) is 43.4 Å². The van der Waals surface area contributed by atoms with Crippen LogP contribution in [-0.4, -0.2) is 17.9 Å². The number of fused-ring (bicyclic) bond motifs is 3. The van der Waals surface area contributed by atoms with Gasteiger partial charge in [0.15, 0.2) is 0 Å². The minimum absolute atomic E-state index is 0.0385. The molecule has 21 heavy (non-hydrogen) atoms. The van der Waals surface area contributed by atoms with Gasteiger partial charge in [-0.1, -0.05) is 25.5 Å². The van der Waals surface area contributed by atoms with Gasteiger partial charge in [-0.25, -0.2) is 0 Å². The molecule has 0 unspecified atom stereocenters. The van der Waals surface area contributed by atoms with E-state index in [1.54, 1.807) is 0 Å². The number of ketones is 1. The predicted octanol–water partition coefficient (Wildman–Crippen LogP) is 3.67. The van der Waals surface area contributed by atoms with E-state index in [1.165, 1.54) is 18.9 Å². The standard InChI is InChI=1S/C18H26O3/c1-11-4-7-16-15(17(11)20)6-5-13-10-14(21-12(2)19)8-9-18(13,16)3/h5,11,14-16H,4,6-10H2,1-3H3/t11-,14-,15-,16-,18-/m0/s1. The van der Waals surface area contributed by atoms with Crippen LogP contribution in [0.2, 0.25) is 0 Å². The lowest BCUT2D eigenvalue weighted by Crippen LogP contribution is -2.48. The van der Waals surface area contributed by atoms with Crippen molar-refractivity contribution < 1.29 is 14.3 Å². The molecule has 0 radical (unpaired) electrons. The number of esters is 1. The summed E-state index contributed by atoms with van der Waals surface area (Å²) in [5, 5.41) is 0. The zero-order chi connectivity index (χ0) is 15.2. The van der Waals surface area contributed by atoms with Crippen molar-refractivity contribution in [2.24, 2.45) is 23.2 Å². The molecule has 0 N–H and O–H groups in total. The molecule has 3 aliphatic rings. The van der Waals surface area contributed by atoms with E-state index in [-0.39, 0.29) is 29.3 Å². The summed E-state index contributed by atoms with van der Waals surface area (Å²) in [4.78, 5) is 23.7. The van der Waals surface area contributed by atoms with E-state index in [0.29, 0.717) is 11.7 Å². The summed E-state index contributed by atoms with van der Waals surface area (Å²) >= 11 is 0. The molecule has 0 bridgehead atoms. The van der Waals surface area contributed by atoms with Crippen LogP contribution in [0.1, 0.15) is 59.3 Å². The van der Waals surface area contributed by atoms with Gasteiger partial charge in [-0.05, 0) is 43.4 Å². The zero-order valence-corrected chi connectivity index (χ0v) is 13.4. The Balaban J connectivity index is 1.82. The number of ether oxygens (including phenoxy) is 1. The molecular weight excluding hydrogens is 264 g/mol. The molecule has 0 saturated heterocycles. The number of hydrogen-bond acceptors (Lipinski definition) is 3. The van der Waals surface area contributed by atoms with Gasteiger partial charge in [-0.2, -0.15) is 0 Å². The molecule has 116 valence electrons. The number of Topliss-reactive ketones (excluding diaryl/α,β-unsaturated/α-hetero) is 1. The van der Waals surface area contributed by atoms with Crippen LogP contribution in [0.15, 0.2) is 11.6 Å². The highest BCUT2D eigenvalue weighted by Crippen LogP contribution is 2.56. The highest BCUT2D eigenvalue weighted by molar-refractivity contribution is 5.84. The van der Waals surface area contributed by atoms with Gasteiger partial charge < -0.3 is 4.74 Å². The fourth-order valence-corrected chi connectivity index (χ4v) is 4.93. The Morgan fingerprint density at radius 3 is 2.81 bits per heavy atom. The van der Waals surface area contributed by atoms with Crippen LogP contribution in [0, 0.1) is 23.2 Å². The molecule has 0 aromatic heterocycles. The Morgan fingerprint density at radius 1 is 1.33 bits per heavy atom. The summed E-state index contributed by atoms with van der Waals surface area (Å²) < 4.78 is 5.41. The molecule has 2 saturated carbocycles. The maximum atomic E-state index is 12.5. The average molecular weight is 290 g/mol. The molecule has 0 aliphatic heterocycles. The highest BCUT2D eigenvalue weighted by atomic mass is 16.5. The van der Waals surface area contributed by atoms with Crippen LogP contribution in [0.4, 0.5) is 0 Å². The summed E-state index contributed by atoms with van der Waals surface area (Å²) in [6.07, 6.45) is 8.26. The summed E-state index contributed by atoms with van der Waals surface area (Å²) in [6.45, 7) is 5.90. The second kappa shape index (κ2) is 5.26. The SMILES string of the molecule is CC(=O)O[C@H]1CC[C@@]2(C)C(=CC[C@@H]3C(=O)[C@@H](C)CC[C@@H]32)C1. The van der Waals surface area contributed by atoms with Crippen molar-refractivity contribution in [1.29, 1.82) is 0 Å². The van der Waals surface area contributed by atoms with Crippen molar-refractivity contribution >= 4 is 11.8 Å². The summed E-state index contributed by atoms with van der Waals surface area (Å²) in [5.74, 6) is 1.26. The average Bonchev–Trinajstić information content (AvgIpc) is 2.42. The van der Waals surface area contributed by atoms with Gasteiger partial charge in [0, 0.05) is 25.2 Å². The van der Waals surface area contributed by atoms with Gasteiger partial charge >= 0.3 is 5.97 Å². The molecule has 3 heteroatoms. The Labute approximate surface area is 127 Å². The van der Waals surface area contributed by atoms with Gasteiger partial charge in [0.2, 0.25) is 0 Å². The van der Waals surface area contributed by atoms with Crippen molar-refractivity contribution in [1.82, 2.24) is 0 Å². The van der Waals surface area contributed by atoms with E-state index in [0.717, 1.165) is 32.1 Å². The lowest BCUT2D eigenvalue weighted by molar-refractivity contribution is -0.148. The number of carbonyl (C=O) groups excluding carboxylic acids is 2. The third kappa shape index (κ3) is 2.45. The number of rotatable bonds is 1. The van der Waals surface area contributed by atoms with Crippen molar-refractivity contribution in [2.45, 2.75) is 65.4 Å². The van der Waals surface area contributed by atoms with E-state index in [9.17, 15) is 9.59 Å². The molecule has 5 atom stereocenters. The molecule has 0 spiro atoms. The first-order valence-corrected chi connectivity index (χ1v) is 8.32. The second-order valence-corrected chi connectivity index (χ2v) is 7.45. The lowest BCUT2D eigenvalue weighted by atomic mass is 9.52. The molecule has 3 rings (SSSR count). The van der Waals surface area contributed by atoms with Crippen LogP contribution in [0.5, 0.6) is 0 Å². The predicted molar refractivity (Wildman–Crippen MR) is 80.6 cm³/mol. The molecule has 0 aromatic carbocycles. The quantitative estimate of drug-likeness (QED) is 0.546. The molecule has 0 heterocycles. The molecule has 0 amide bonds. The van der Waals surface area contributed by atoms with Gasteiger partial charge in [0.25, 0.3) is 0 Å². The third-order valence-corrected chi connectivity index (χ3v) is 6.18. The molecule has 3 nitrogen and oxygen atoms in total. The highest BCUT2D eigenvalue weighted by Gasteiger charge is 2.51. The fraction of sp³-hybridized carbons (Fsp3) is 0.778. The van der Waals surface area contributed by atoms with Gasteiger partial charge in [0.05, 0.1) is 0 Å². The Bertz CT molecular complexity index is 493. The third-order valence-electron chi connectivity index (χ3n) is 6.18. The fourth-order valence-electron chi connectivity index (χ4n) is 4.93. The minimum Gasteiger partial charge on any atom is -0.462 e. The maximum absolute atomic E-state index is 12.5. The van der Waals surface area contributed by atoms with Crippen molar-refractivity contribution in [3.8, 4) is 0 Å². The lowest BCUT2D eigenvalue weighted by Gasteiger charge is -2.52. The second-order valence-electron chi connectivity index (χ2n) is 7.45. The normalized spacial score (nSPS) is 42.6. The first-order valence-electron chi connectivity index (χ1n) is 8.32. The van der Waals surface area contributed by atoms with Crippen molar-refractivity contribution in [3.05, 3.63) is 11.6 Å². The number of allylic oxidation sites excluding steroid dienone is 1. The maximum Gasteiger partial charge on any atom is 0.302 e. The van der Waals surface area contributed by atoms with Crippen LogP contribution in [-0.2, 0) is 14.3 Å². The van der Waals surface area contributed by atoms with Crippen LogP contribution in [0.3, 0.4) is 0 Å². The molecule has 0 aromatic rings. The monoisotopic (exact) mass is 290 g/mol. The number of hydrogen-bond donors (Lipinski definition) is 0. The van der Waals surface area contributed by atoms with E-state index in [2.05, 4.69) is 19.9 Å². The van der Waals surface area contributed by atoms with Crippen molar-refractivity contribution in [2.75, 3.05) is 0 Å². The first kappa shape index (κ1) is 14.8. The first-order chi connectivity index (χ1) is 9.91. The van der Waals surface area contributed by atoms with Crippen LogP contribution in [0.25, 0.3) is 0 Å². The summed E-state index contributed by atoms with van der Waals surface area (Å²) in [5.41, 5.74) is 1.58. The number of carbonyl (C=O) groups is 2. The van der Waals surface area contributed by atoms with Crippen LogP contribution < -0.4 is 0 Å². The van der Waals surface area contributed by atoms with Crippen molar-refractivity contribution in [3.63, 3.8) is 0 Å². The van der Waals surface area contributed by atoms with Gasteiger partial charge in [-0.3, -0.25) is 9.59 Å². The van der Waals surface area contributed by atoms with E-state index in [1.807, 2.05) is 0 Å². The molecular formula is C18H26O3. The van der Waals surface area contributed by atoms with E-state index < -0.39 is 0 Å².